The van der Waals surface area contributed by atoms with E-state index < -0.39 is 23.6 Å². The lowest BCUT2D eigenvalue weighted by Gasteiger charge is -2.32. The zero-order chi connectivity index (χ0) is 15.1. The Morgan fingerprint density at radius 1 is 1.00 bits per heavy atom. The first-order valence-corrected chi connectivity index (χ1v) is 6.24. The minimum atomic E-state index is -1.24. The monoisotopic (exact) mass is 291 g/mol. The number of nitrogens with two attached hydrogens (primary N) is 2. The average molecular weight is 291 g/mol. The minimum Gasteiger partial charge on any atom is -0.398 e. The van der Waals surface area contributed by atoms with Crippen molar-refractivity contribution in [2.24, 2.45) is 5.73 Å². The molecule has 0 bridgehead atoms. The molecule has 1 aliphatic rings. The molecule has 6 heteroatoms. The summed E-state index contributed by atoms with van der Waals surface area (Å²) in [7, 11) is 0. The van der Waals surface area contributed by atoms with Crippen molar-refractivity contribution in [3.05, 3.63) is 65.1 Å². The van der Waals surface area contributed by atoms with Crippen molar-refractivity contribution in [1.82, 2.24) is 0 Å². The summed E-state index contributed by atoms with van der Waals surface area (Å²) in [6.45, 7) is 0. The summed E-state index contributed by atoms with van der Waals surface area (Å²) < 4.78 is 40.2. The molecule has 0 spiro atoms. The zero-order valence-corrected chi connectivity index (χ0v) is 10.9. The molecular formula is C15H12F3N3. The van der Waals surface area contributed by atoms with Crippen LogP contribution in [0.5, 0.6) is 0 Å². The summed E-state index contributed by atoms with van der Waals surface area (Å²) in [5.41, 5.74) is 13.8. The molecule has 4 N–H and O–H groups in total. The van der Waals surface area contributed by atoms with Crippen LogP contribution in [0.3, 0.4) is 0 Å². The van der Waals surface area contributed by atoms with E-state index in [1.165, 1.54) is 11.1 Å². The highest BCUT2D eigenvalue weighted by Gasteiger charge is 2.25. The van der Waals surface area contributed by atoms with Crippen molar-refractivity contribution < 1.29 is 13.2 Å². The lowest BCUT2D eigenvalue weighted by atomic mass is 9.99. The molecule has 1 heterocycles. The molecular weight excluding hydrogens is 279 g/mol. The second-order valence-electron chi connectivity index (χ2n) is 4.74. The molecule has 21 heavy (non-hydrogen) atoms. The van der Waals surface area contributed by atoms with E-state index in [0.29, 0.717) is 17.3 Å². The van der Waals surface area contributed by atoms with Gasteiger partial charge in [-0.3, -0.25) is 0 Å². The number of hydrogen-bond acceptors (Lipinski definition) is 3. The Kier molecular flexibility index (Phi) is 3.10. The van der Waals surface area contributed by atoms with Crippen molar-refractivity contribution in [2.75, 3.05) is 10.6 Å². The van der Waals surface area contributed by atoms with Crippen LogP contribution < -0.4 is 16.4 Å². The Balaban J connectivity index is 2.09. The Labute approximate surface area is 119 Å². The van der Waals surface area contributed by atoms with Gasteiger partial charge in [0.25, 0.3) is 0 Å². The fourth-order valence-corrected chi connectivity index (χ4v) is 2.39. The average Bonchev–Trinajstić information content (AvgIpc) is 2.45. The molecule has 2 aromatic carbocycles. The molecule has 1 unspecified atom stereocenters. The van der Waals surface area contributed by atoms with E-state index in [0.717, 1.165) is 11.6 Å². The van der Waals surface area contributed by atoms with Crippen LogP contribution in [0, 0.1) is 17.5 Å². The first-order chi connectivity index (χ1) is 9.99. The van der Waals surface area contributed by atoms with Crippen LogP contribution in [0.25, 0.3) is 6.08 Å². The molecule has 0 aromatic heterocycles. The molecule has 1 atom stereocenters. The largest absolute Gasteiger partial charge is 0.398 e. The summed E-state index contributed by atoms with van der Waals surface area (Å²) in [6.07, 6.45) is 2.42. The van der Waals surface area contributed by atoms with Gasteiger partial charge in [0, 0.05) is 29.6 Å². The van der Waals surface area contributed by atoms with E-state index >= 15 is 0 Å². The van der Waals surface area contributed by atoms with Crippen LogP contribution >= 0.6 is 0 Å². The van der Waals surface area contributed by atoms with E-state index in [2.05, 4.69) is 0 Å². The quantitative estimate of drug-likeness (QED) is 0.627. The van der Waals surface area contributed by atoms with Crippen molar-refractivity contribution in [3.8, 4) is 0 Å². The number of anilines is 2. The van der Waals surface area contributed by atoms with Crippen LogP contribution in [-0.2, 0) is 0 Å². The van der Waals surface area contributed by atoms with Gasteiger partial charge in [-0.1, -0.05) is 12.1 Å². The summed E-state index contributed by atoms with van der Waals surface area (Å²) in [4.78, 5) is 1.33. The number of halogens is 3. The third-order valence-corrected chi connectivity index (χ3v) is 3.46. The number of nitrogen functional groups attached to an aromatic ring is 1. The van der Waals surface area contributed by atoms with Gasteiger partial charge in [0.2, 0.25) is 0 Å². The SMILES string of the molecule is Nc1cccc2c1C=CN(c1cc(F)c(F)cc1F)C2N. The lowest BCUT2D eigenvalue weighted by molar-refractivity contribution is 0.493. The van der Waals surface area contributed by atoms with Crippen molar-refractivity contribution in [1.29, 1.82) is 0 Å². The maximum atomic E-state index is 13.9. The van der Waals surface area contributed by atoms with Gasteiger partial charge in [-0.05, 0) is 17.7 Å². The van der Waals surface area contributed by atoms with Gasteiger partial charge in [0.05, 0.1) is 5.69 Å². The predicted molar refractivity (Wildman–Crippen MR) is 75.6 cm³/mol. The highest BCUT2D eigenvalue weighted by molar-refractivity contribution is 5.74. The smallest absolute Gasteiger partial charge is 0.161 e. The highest BCUT2D eigenvalue weighted by atomic mass is 19.2. The van der Waals surface area contributed by atoms with Gasteiger partial charge in [0.15, 0.2) is 11.6 Å². The summed E-state index contributed by atoms with van der Waals surface area (Å²) in [5, 5.41) is 0. The maximum Gasteiger partial charge on any atom is 0.161 e. The zero-order valence-electron chi connectivity index (χ0n) is 10.9. The molecule has 0 amide bonds. The summed E-state index contributed by atoms with van der Waals surface area (Å²) in [6, 6.07) is 6.49. The third-order valence-electron chi connectivity index (χ3n) is 3.46. The van der Waals surface area contributed by atoms with E-state index in [-0.39, 0.29) is 5.69 Å². The van der Waals surface area contributed by atoms with E-state index in [9.17, 15) is 13.2 Å². The Bertz CT molecular complexity index is 743. The molecule has 3 rings (SSSR count). The highest BCUT2D eigenvalue weighted by Crippen LogP contribution is 2.35. The molecule has 2 aromatic rings. The molecule has 108 valence electrons. The summed E-state index contributed by atoms with van der Waals surface area (Å²) in [5.74, 6) is -3.26. The van der Waals surface area contributed by atoms with Crippen molar-refractivity contribution in [3.63, 3.8) is 0 Å². The first kappa shape index (κ1) is 13.5. The van der Waals surface area contributed by atoms with E-state index in [4.69, 9.17) is 11.5 Å². The second-order valence-corrected chi connectivity index (χ2v) is 4.74. The van der Waals surface area contributed by atoms with E-state index in [1.807, 2.05) is 0 Å². The first-order valence-electron chi connectivity index (χ1n) is 6.24. The van der Waals surface area contributed by atoms with Gasteiger partial charge < -0.3 is 16.4 Å². The van der Waals surface area contributed by atoms with Crippen LogP contribution in [0.1, 0.15) is 17.3 Å². The fraction of sp³-hybridized carbons (Fsp3) is 0.0667. The molecule has 0 saturated carbocycles. The minimum absolute atomic E-state index is 0.134. The molecule has 0 radical (unpaired) electrons. The lowest BCUT2D eigenvalue weighted by Crippen LogP contribution is -2.33. The number of rotatable bonds is 1. The Morgan fingerprint density at radius 3 is 2.48 bits per heavy atom. The second kappa shape index (κ2) is 4.82. The maximum absolute atomic E-state index is 13.9. The molecule has 0 saturated heterocycles. The number of fused-ring (bicyclic) bond motifs is 1. The van der Waals surface area contributed by atoms with Gasteiger partial charge in [0.1, 0.15) is 12.0 Å². The summed E-state index contributed by atoms with van der Waals surface area (Å²) >= 11 is 0. The molecule has 0 fully saturated rings. The van der Waals surface area contributed by atoms with Crippen LogP contribution in [-0.4, -0.2) is 0 Å². The number of hydrogen-bond donors (Lipinski definition) is 2. The van der Waals surface area contributed by atoms with Crippen molar-refractivity contribution in [2.45, 2.75) is 6.17 Å². The number of benzene rings is 2. The fourth-order valence-electron chi connectivity index (χ4n) is 2.39. The molecule has 1 aliphatic heterocycles. The van der Waals surface area contributed by atoms with Crippen LogP contribution in [0.15, 0.2) is 36.5 Å². The topological polar surface area (TPSA) is 55.3 Å². The predicted octanol–water partition coefficient (Wildman–Crippen LogP) is 3.13. The Morgan fingerprint density at radius 2 is 1.71 bits per heavy atom. The van der Waals surface area contributed by atoms with Crippen molar-refractivity contribution >= 4 is 17.5 Å². The van der Waals surface area contributed by atoms with Crippen LogP contribution in [0.4, 0.5) is 24.5 Å². The molecule has 0 aliphatic carbocycles. The number of nitrogens with zero attached hydrogens (tertiary/aromatic N) is 1. The van der Waals surface area contributed by atoms with Gasteiger partial charge in [-0.15, -0.1) is 0 Å². The van der Waals surface area contributed by atoms with Crippen LogP contribution in [0.2, 0.25) is 0 Å². The van der Waals surface area contributed by atoms with E-state index in [1.54, 1.807) is 24.3 Å². The standard InChI is InChI=1S/C15H12F3N3/c16-10-6-12(18)14(7-11(10)17)21-5-4-8-9(15(21)20)2-1-3-13(8)19/h1-7,15H,19-20H2. The normalized spacial score (nSPS) is 17.0. The van der Waals surface area contributed by atoms with Gasteiger partial charge >= 0.3 is 0 Å². The van der Waals surface area contributed by atoms with Gasteiger partial charge in [-0.2, -0.15) is 0 Å². The van der Waals surface area contributed by atoms with Gasteiger partial charge in [-0.25, -0.2) is 13.2 Å². The molecule has 3 nitrogen and oxygen atoms in total. The Hall–Kier alpha value is -2.47. The third kappa shape index (κ3) is 2.13.